The number of Topliss-reactive ketones (excluding diaryl/α,β-unsaturated/α-hetero) is 2. The van der Waals surface area contributed by atoms with Gasteiger partial charge in [-0.2, -0.15) is 5.26 Å². The van der Waals surface area contributed by atoms with E-state index in [9.17, 15) is 24.8 Å². The average molecular weight is 685 g/mol. The Hall–Kier alpha value is -4.64. The van der Waals surface area contributed by atoms with Crippen LogP contribution in [0.2, 0.25) is 0 Å². The molecule has 3 N–H and O–H groups in total. The van der Waals surface area contributed by atoms with Crippen molar-refractivity contribution in [1.82, 2.24) is 15.1 Å². The number of hydrogen-bond donors (Lipinski definition) is 3. The number of amides is 1. The number of likely N-dealkylation sites (N-methyl/N-ethyl adjacent to an activating group) is 1. The van der Waals surface area contributed by atoms with Crippen LogP contribution in [0.3, 0.4) is 0 Å². The van der Waals surface area contributed by atoms with Crippen molar-refractivity contribution in [2.45, 2.75) is 69.9 Å². The molecule has 2 aromatic rings. The molecule has 1 amide bonds. The van der Waals surface area contributed by atoms with Crippen LogP contribution in [0.15, 0.2) is 63.9 Å². The molecule has 49 heavy (non-hydrogen) atoms. The predicted molar refractivity (Wildman–Crippen MR) is 186 cm³/mol. The van der Waals surface area contributed by atoms with Crippen molar-refractivity contribution >= 4 is 40.7 Å². The molecule has 4 aliphatic rings. The van der Waals surface area contributed by atoms with Crippen molar-refractivity contribution in [3.63, 3.8) is 0 Å². The third-order valence-corrected chi connectivity index (χ3v) is 10.8. The zero-order chi connectivity index (χ0) is 35.1. The van der Waals surface area contributed by atoms with E-state index >= 15 is 0 Å². The first-order chi connectivity index (χ1) is 23.5. The molecule has 6 rings (SSSR count). The summed E-state index contributed by atoms with van der Waals surface area (Å²) in [5.74, 6) is -0.738. The lowest BCUT2D eigenvalue weighted by Gasteiger charge is -2.60. The van der Waals surface area contributed by atoms with Crippen molar-refractivity contribution in [3.8, 4) is 17.6 Å². The van der Waals surface area contributed by atoms with Gasteiger partial charge in [-0.05, 0) is 75.9 Å². The van der Waals surface area contributed by atoms with E-state index < -0.39 is 36.0 Å². The van der Waals surface area contributed by atoms with Crippen LogP contribution in [0, 0.1) is 18.3 Å². The number of carbonyl (C=O) groups excluding carboxylic acids is 3. The molecular formula is C36H40N6O6S. The van der Waals surface area contributed by atoms with E-state index in [-0.39, 0.29) is 53.4 Å². The maximum atomic E-state index is 14.1. The number of para-hydroxylation sites is 1. The normalized spacial score (nSPS) is 25.7. The summed E-state index contributed by atoms with van der Waals surface area (Å²) in [6.07, 6.45) is 0.642. The molecule has 6 atom stereocenters. The number of anilines is 1. The molecule has 0 spiro atoms. The van der Waals surface area contributed by atoms with Gasteiger partial charge < -0.3 is 24.6 Å². The minimum absolute atomic E-state index is 0.0305. The fourth-order valence-corrected chi connectivity index (χ4v) is 8.51. The number of carbonyl (C=O) groups is 3. The van der Waals surface area contributed by atoms with Crippen LogP contribution < -0.4 is 14.8 Å². The van der Waals surface area contributed by atoms with E-state index in [1.54, 1.807) is 19.4 Å². The summed E-state index contributed by atoms with van der Waals surface area (Å²) in [5.41, 5.74) is 5.63. The number of methoxy groups -OCH3 is 2. The molecule has 3 aliphatic heterocycles. The number of benzene rings is 2. The molecule has 1 aliphatic carbocycles. The fourth-order valence-electron chi connectivity index (χ4n) is 7.95. The zero-order valence-corrected chi connectivity index (χ0v) is 29.1. The number of nitrogens with one attached hydrogen (secondary N) is 2. The number of nitriles is 1. The molecular weight excluding hydrogens is 644 g/mol. The maximum Gasteiger partial charge on any atom is 0.244 e. The van der Waals surface area contributed by atoms with Gasteiger partial charge in [0.25, 0.3) is 0 Å². The molecule has 12 nitrogen and oxygen atoms in total. The summed E-state index contributed by atoms with van der Waals surface area (Å²) in [6.45, 7) is 5.07. The lowest BCUT2D eigenvalue weighted by atomic mass is 9.69. The fraction of sp³-hybridized carbons (Fsp3) is 0.417. The van der Waals surface area contributed by atoms with Gasteiger partial charge in [-0.1, -0.05) is 24.3 Å². The smallest absolute Gasteiger partial charge is 0.244 e. The lowest BCUT2D eigenvalue weighted by Crippen LogP contribution is -2.71. The van der Waals surface area contributed by atoms with Gasteiger partial charge >= 0.3 is 0 Å². The Labute approximate surface area is 290 Å². The molecule has 0 saturated carbocycles. The summed E-state index contributed by atoms with van der Waals surface area (Å²) in [7, 11) is 4.80. The van der Waals surface area contributed by atoms with Crippen LogP contribution in [0.5, 0.6) is 11.5 Å². The Kier molecular flexibility index (Phi) is 9.57. The number of allylic oxidation sites excluding steroid dienone is 2. The van der Waals surface area contributed by atoms with Crippen molar-refractivity contribution in [2.75, 3.05) is 32.5 Å². The maximum absolute atomic E-state index is 14.1. The van der Waals surface area contributed by atoms with Crippen LogP contribution in [-0.2, 0) is 25.5 Å². The topological polar surface area (TPSA) is 157 Å². The van der Waals surface area contributed by atoms with Crippen LogP contribution in [0.1, 0.15) is 43.0 Å². The highest BCUT2D eigenvalue weighted by Crippen LogP contribution is 2.53. The SMILES string of the molecule is COC1=C(C)C(=O)C2=C(C1=O)[C@H](CNC(=O)C(C)N=CSNc1ccccc1)N1C(C2)[C@H]2c3c(cc(C)c(OC)c3O)C[C@@H]([C@@H]1C#N)N2C. The first-order valence-corrected chi connectivity index (χ1v) is 17.0. The Morgan fingerprint density at radius 3 is 2.57 bits per heavy atom. The largest absolute Gasteiger partial charge is 0.504 e. The van der Waals surface area contributed by atoms with Crippen LogP contribution in [-0.4, -0.2) is 95.9 Å². The minimum Gasteiger partial charge on any atom is -0.504 e. The number of nitrogens with zero attached hydrogens (tertiary/aromatic N) is 4. The Morgan fingerprint density at radius 2 is 1.90 bits per heavy atom. The van der Waals surface area contributed by atoms with E-state index in [1.807, 2.05) is 55.3 Å². The molecule has 1 saturated heterocycles. The standard InChI is InChI=1S/C36H40N6O6S/c1-18-12-21-13-24-26(15-37)42-25(30(41(24)4)28(21)32(44)34(18)47-5)14-23-29(33(45)35(48-6)19(2)31(23)43)27(42)16-38-36(46)20(3)39-17-49-40-22-10-8-7-9-11-22/h7-12,17,20,24-27,30,40,44H,13-14,16H2,1-6H3,(H,38,46)/t20?,24-,25?,26-,27-,30-/m0/s1. The van der Waals surface area contributed by atoms with E-state index in [0.29, 0.717) is 23.3 Å². The highest BCUT2D eigenvalue weighted by atomic mass is 32.2. The highest BCUT2D eigenvalue weighted by Gasteiger charge is 2.57. The van der Waals surface area contributed by atoms with E-state index in [0.717, 1.165) is 16.8 Å². The molecule has 256 valence electrons. The highest BCUT2D eigenvalue weighted by molar-refractivity contribution is 8.13. The molecule has 13 heteroatoms. The second-order valence-corrected chi connectivity index (χ2v) is 13.5. The number of piperazine rings is 1. The molecule has 2 aromatic carbocycles. The Balaban J connectivity index is 1.36. The van der Waals surface area contributed by atoms with Crippen molar-refractivity contribution < 1.29 is 29.0 Å². The predicted octanol–water partition coefficient (Wildman–Crippen LogP) is 3.62. The third-order valence-electron chi connectivity index (χ3n) is 10.2. The first-order valence-electron chi connectivity index (χ1n) is 16.2. The molecule has 3 heterocycles. The Morgan fingerprint density at radius 1 is 1.16 bits per heavy atom. The van der Waals surface area contributed by atoms with Crippen molar-refractivity contribution in [2.24, 2.45) is 4.99 Å². The van der Waals surface area contributed by atoms with Gasteiger partial charge in [-0.25, -0.2) is 0 Å². The number of aliphatic imine (C=N–C) groups is 1. The average Bonchev–Trinajstić information content (AvgIpc) is 3.09. The number of fused-ring (bicyclic) bond motifs is 6. The number of rotatable bonds is 9. The first kappa shape index (κ1) is 34.2. The number of hydrogen-bond acceptors (Lipinski definition) is 12. The minimum atomic E-state index is -0.822. The summed E-state index contributed by atoms with van der Waals surface area (Å²) < 4.78 is 14.2. The number of ketones is 2. The zero-order valence-electron chi connectivity index (χ0n) is 28.3. The number of aryl methyl sites for hydroxylation is 1. The third kappa shape index (κ3) is 5.77. The number of ether oxygens (including phenoxy) is 2. The van der Waals surface area contributed by atoms with E-state index in [4.69, 9.17) is 9.47 Å². The van der Waals surface area contributed by atoms with Crippen LogP contribution in [0.4, 0.5) is 5.69 Å². The molecule has 2 bridgehead atoms. The lowest BCUT2D eigenvalue weighted by molar-refractivity contribution is -0.125. The van der Waals surface area contributed by atoms with Crippen LogP contribution in [0.25, 0.3) is 0 Å². The second-order valence-electron chi connectivity index (χ2n) is 12.8. The van der Waals surface area contributed by atoms with Crippen molar-refractivity contribution in [3.05, 3.63) is 75.6 Å². The summed E-state index contributed by atoms with van der Waals surface area (Å²) in [6, 6.07) is 10.6. The van der Waals surface area contributed by atoms with Crippen molar-refractivity contribution in [1.29, 1.82) is 5.26 Å². The van der Waals surface area contributed by atoms with Gasteiger partial charge in [-0.15, -0.1) is 0 Å². The van der Waals surface area contributed by atoms with Gasteiger partial charge in [0.15, 0.2) is 23.0 Å². The molecule has 0 aromatic heterocycles. The number of phenols is 1. The summed E-state index contributed by atoms with van der Waals surface area (Å²) in [5, 5.41) is 25.3. The van der Waals surface area contributed by atoms with Gasteiger partial charge in [0.2, 0.25) is 11.7 Å². The summed E-state index contributed by atoms with van der Waals surface area (Å²) >= 11 is 1.23. The van der Waals surface area contributed by atoms with E-state index in [1.165, 1.54) is 26.2 Å². The van der Waals surface area contributed by atoms with Gasteiger partial charge in [-0.3, -0.25) is 29.2 Å². The van der Waals surface area contributed by atoms with Gasteiger partial charge in [0.1, 0.15) is 12.1 Å². The molecule has 0 radical (unpaired) electrons. The number of phenolic OH excluding ortho intramolecular Hbond substituents is 1. The Bertz CT molecular complexity index is 1830. The summed E-state index contributed by atoms with van der Waals surface area (Å²) in [4.78, 5) is 49.8. The van der Waals surface area contributed by atoms with Gasteiger partial charge in [0, 0.05) is 46.6 Å². The second kappa shape index (κ2) is 13.7. The number of aromatic hydroxyl groups is 1. The molecule has 2 unspecified atom stereocenters. The van der Waals surface area contributed by atoms with Crippen LogP contribution >= 0.6 is 11.9 Å². The van der Waals surface area contributed by atoms with E-state index in [2.05, 4.69) is 26.0 Å². The van der Waals surface area contributed by atoms with Gasteiger partial charge in [0.05, 0.1) is 37.9 Å². The monoisotopic (exact) mass is 684 g/mol. The quantitative estimate of drug-likeness (QED) is 0.154. The molecule has 1 fully saturated rings.